The molecule has 0 aliphatic heterocycles. The van der Waals surface area contributed by atoms with Crippen LogP contribution in [0.15, 0.2) is 36.5 Å². The summed E-state index contributed by atoms with van der Waals surface area (Å²) in [6.45, 7) is 7.52. The predicted octanol–water partition coefficient (Wildman–Crippen LogP) is 4.81. The van der Waals surface area contributed by atoms with Gasteiger partial charge in [-0.25, -0.2) is 18.7 Å². The largest absolute Gasteiger partial charge is 0.331 e. The monoisotopic (exact) mass is 400 g/mol. The molecule has 0 saturated heterocycles. The van der Waals surface area contributed by atoms with E-state index in [1.165, 1.54) is 12.1 Å². The summed E-state index contributed by atoms with van der Waals surface area (Å²) in [5, 5.41) is 0. The highest BCUT2D eigenvalue weighted by Gasteiger charge is 2.24. The lowest BCUT2D eigenvalue weighted by Crippen LogP contribution is -2.34. The van der Waals surface area contributed by atoms with E-state index in [2.05, 4.69) is 30.7 Å². The van der Waals surface area contributed by atoms with E-state index in [4.69, 9.17) is 0 Å². The van der Waals surface area contributed by atoms with Gasteiger partial charge < -0.3 is 9.47 Å². The summed E-state index contributed by atoms with van der Waals surface area (Å²) < 4.78 is 29.9. The molecule has 1 amide bonds. The molecule has 0 aliphatic rings. The first-order chi connectivity index (χ1) is 13.9. The van der Waals surface area contributed by atoms with Crippen LogP contribution in [0.25, 0.3) is 11.2 Å². The van der Waals surface area contributed by atoms with Gasteiger partial charge in [-0.1, -0.05) is 26.8 Å². The molecule has 0 saturated carbocycles. The molecular formula is C22H26F2N4O. The van der Waals surface area contributed by atoms with Crippen molar-refractivity contribution in [1.29, 1.82) is 0 Å². The number of imidazole rings is 1. The van der Waals surface area contributed by atoms with Crippen LogP contribution in [0.3, 0.4) is 0 Å². The van der Waals surface area contributed by atoms with Crippen molar-refractivity contribution in [2.24, 2.45) is 5.92 Å². The number of carbonyl (C=O) groups is 1. The highest BCUT2D eigenvalue weighted by atomic mass is 19.2. The first-order valence-corrected chi connectivity index (χ1v) is 9.95. The molecule has 0 aliphatic carbocycles. The number of carbonyl (C=O) groups excluding carboxylic acids is 1. The van der Waals surface area contributed by atoms with E-state index in [1.807, 2.05) is 16.7 Å². The number of hydrogen-bond donors (Lipinski definition) is 0. The van der Waals surface area contributed by atoms with E-state index >= 15 is 0 Å². The fraction of sp³-hybridized carbons (Fsp3) is 0.409. The zero-order valence-electron chi connectivity index (χ0n) is 17.0. The van der Waals surface area contributed by atoms with E-state index in [-0.39, 0.29) is 12.1 Å². The summed E-state index contributed by atoms with van der Waals surface area (Å²) in [4.78, 5) is 23.7. The predicted molar refractivity (Wildman–Crippen MR) is 108 cm³/mol. The van der Waals surface area contributed by atoms with E-state index in [9.17, 15) is 13.6 Å². The molecule has 2 aromatic heterocycles. The van der Waals surface area contributed by atoms with Crippen molar-refractivity contribution in [3.63, 3.8) is 0 Å². The third kappa shape index (κ3) is 4.60. The first kappa shape index (κ1) is 20.9. The molecule has 3 rings (SSSR count). The fourth-order valence-corrected chi connectivity index (χ4v) is 3.26. The topological polar surface area (TPSA) is 51.0 Å². The van der Waals surface area contributed by atoms with Gasteiger partial charge in [-0.15, -0.1) is 0 Å². The Labute approximate surface area is 169 Å². The zero-order valence-corrected chi connectivity index (χ0v) is 17.0. The van der Waals surface area contributed by atoms with Crippen LogP contribution >= 0.6 is 0 Å². The molecule has 7 heteroatoms. The van der Waals surface area contributed by atoms with Crippen LogP contribution in [0.5, 0.6) is 0 Å². The fourth-order valence-electron chi connectivity index (χ4n) is 3.26. The second-order valence-corrected chi connectivity index (χ2v) is 7.54. The minimum absolute atomic E-state index is 0.206. The Balaban J connectivity index is 1.97. The summed E-state index contributed by atoms with van der Waals surface area (Å²) >= 11 is 0. The maximum Gasteiger partial charge on any atom is 0.257 e. The Morgan fingerprint density at radius 3 is 2.72 bits per heavy atom. The van der Waals surface area contributed by atoms with Crippen LogP contribution in [0.2, 0.25) is 0 Å². The van der Waals surface area contributed by atoms with E-state index in [1.54, 1.807) is 11.1 Å². The Kier molecular flexibility index (Phi) is 6.56. The molecule has 2 heterocycles. The molecular weight excluding hydrogens is 374 g/mol. The first-order valence-electron chi connectivity index (χ1n) is 9.95. The third-order valence-electron chi connectivity index (χ3n) is 4.81. The molecule has 29 heavy (non-hydrogen) atoms. The number of nitrogens with zero attached hydrogens (tertiary/aromatic N) is 4. The van der Waals surface area contributed by atoms with Gasteiger partial charge in [0.2, 0.25) is 0 Å². The van der Waals surface area contributed by atoms with Gasteiger partial charge in [0, 0.05) is 19.3 Å². The van der Waals surface area contributed by atoms with Crippen LogP contribution in [0.1, 0.15) is 49.8 Å². The second-order valence-electron chi connectivity index (χ2n) is 7.54. The van der Waals surface area contributed by atoms with Crippen molar-refractivity contribution >= 4 is 17.1 Å². The van der Waals surface area contributed by atoms with Crippen LogP contribution in [-0.4, -0.2) is 31.9 Å². The quantitative estimate of drug-likeness (QED) is 0.545. The zero-order chi connectivity index (χ0) is 21.0. The Morgan fingerprint density at radius 1 is 1.21 bits per heavy atom. The number of halogens is 2. The van der Waals surface area contributed by atoms with Gasteiger partial charge >= 0.3 is 0 Å². The van der Waals surface area contributed by atoms with Crippen molar-refractivity contribution in [1.82, 2.24) is 19.4 Å². The smallest absolute Gasteiger partial charge is 0.257 e. The van der Waals surface area contributed by atoms with Crippen LogP contribution in [-0.2, 0) is 13.1 Å². The minimum atomic E-state index is -1.12. The van der Waals surface area contributed by atoms with E-state index in [0.29, 0.717) is 24.8 Å². The van der Waals surface area contributed by atoms with Gasteiger partial charge in [0.15, 0.2) is 17.3 Å². The summed E-state index contributed by atoms with van der Waals surface area (Å²) in [7, 11) is 0. The van der Waals surface area contributed by atoms with Crippen LogP contribution in [0.4, 0.5) is 8.78 Å². The Hall–Kier alpha value is -2.83. The number of rotatable bonds is 8. The molecule has 154 valence electrons. The standard InChI is InChI=1S/C22H26F2N4O/c1-4-12-28-19(26-18-9-6-11-25-21(18)28)14-27(13-10-15(2)3)22(29)16-7-5-8-17(23)20(16)24/h5-9,11,15H,4,10,12-14H2,1-3H3. The lowest BCUT2D eigenvalue weighted by molar-refractivity contribution is 0.0723. The summed E-state index contributed by atoms with van der Waals surface area (Å²) in [6.07, 6.45) is 3.34. The average Bonchev–Trinajstić information content (AvgIpc) is 3.04. The molecule has 5 nitrogen and oxygen atoms in total. The number of pyridine rings is 1. The van der Waals surface area contributed by atoms with E-state index in [0.717, 1.165) is 30.1 Å². The van der Waals surface area contributed by atoms with E-state index < -0.39 is 17.5 Å². The third-order valence-corrected chi connectivity index (χ3v) is 4.81. The molecule has 0 fully saturated rings. The normalized spacial score (nSPS) is 11.4. The maximum absolute atomic E-state index is 14.3. The van der Waals surface area contributed by atoms with Crippen molar-refractivity contribution in [3.8, 4) is 0 Å². The van der Waals surface area contributed by atoms with Crippen molar-refractivity contribution in [2.75, 3.05) is 6.54 Å². The molecule has 1 aromatic carbocycles. The summed E-state index contributed by atoms with van der Waals surface area (Å²) in [5.41, 5.74) is 1.26. The van der Waals surface area contributed by atoms with Gasteiger partial charge in [-0.2, -0.15) is 0 Å². The SMILES string of the molecule is CCCn1c(CN(CCC(C)C)C(=O)c2cccc(F)c2F)nc2cccnc21. The number of aryl methyl sites for hydroxylation is 1. The molecule has 0 atom stereocenters. The highest BCUT2D eigenvalue weighted by Crippen LogP contribution is 2.20. The van der Waals surface area contributed by atoms with Gasteiger partial charge in [0.1, 0.15) is 11.3 Å². The molecule has 0 spiro atoms. The van der Waals surface area contributed by atoms with Crippen LogP contribution in [0, 0.1) is 17.6 Å². The van der Waals surface area contributed by atoms with Crippen molar-refractivity contribution in [3.05, 3.63) is 59.6 Å². The highest BCUT2D eigenvalue weighted by molar-refractivity contribution is 5.94. The molecule has 0 N–H and O–H groups in total. The van der Waals surface area contributed by atoms with Gasteiger partial charge in [0.25, 0.3) is 5.91 Å². The lowest BCUT2D eigenvalue weighted by Gasteiger charge is -2.24. The molecule has 0 unspecified atom stereocenters. The summed E-state index contributed by atoms with van der Waals surface area (Å²) in [5.74, 6) is -1.63. The van der Waals surface area contributed by atoms with Crippen molar-refractivity contribution < 1.29 is 13.6 Å². The average molecular weight is 400 g/mol. The van der Waals surface area contributed by atoms with Crippen LogP contribution < -0.4 is 0 Å². The van der Waals surface area contributed by atoms with Gasteiger partial charge in [0.05, 0.1) is 12.1 Å². The molecule has 0 bridgehead atoms. The van der Waals surface area contributed by atoms with Gasteiger partial charge in [-0.05, 0) is 43.0 Å². The Bertz CT molecular complexity index is 1000. The number of hydrogen-bond acceptors (Lipinski definition) is 3. The number of amides is 1. The minimum Gasteiger partial charge on any atom is -0.331 e. The molecule has 0 radical (unpaired) electrons. The molecule has 3 aromatic rings. The maximum atomic E-state index is 14.3. The van der Waals surface area contributed by atoms with Gasteiger partial charge in [-0.3, -0.25) is 4.79 Å². The lowest BCUT2D eigenvalue weighted by atomic mass is 10.1. The van der Waals surface area contributed by atoms with Crippen molar-refractivity contribution in [2.45, 2.75) is 46.7 Å². The second kappa shape index (κ2) is 9.11. The number of benzene rings is 1. The Morgan fingerprint density at radius 2 is 2.00 bits per heavy atom. The number of fused-ring (bicyclic) bond motifs is 1. The summed E-state index contributed by atoms with van der Waals surface area (Å²) in [6, 6.07) is 7.38. The number of aromatic nitrogens is 3.